The van der Waals surface area contributed by atoms with Gasteiger partial charge in [0, 0.05) is 29.3 Å². The summed E-state index contributed by atoms with van der Waals surface area (Å²) in [6.07, 6.45) is 4.46. The molecule has 1 saturated carbocycles. The number of hydrogen-bond donors (Lipinski definition) is 1. The Kier molecular flexibility index (Phi) is 3.34. The van der Waals surface area contributed by atoms with E-state index in [1.165, 1.54) is 18.5 Å². The standard InChI is InChI=1S/C17H16N2O3S/c1-2-21-16(20)15-8-11-13(4-3-5-14(11)22-15)19-9-12(10-6-7-10)18-17(19)23/h3-5,8-10H,2,6-7H2,1H3,(H,18,23). The number of aromatic nitrogens is 2. The maximum atomic E-state index is 11.9. The number of furan rings is 1. The number of fused-ring (bicyclic) bond motifs is 1. The van der Waals surface area contributed by atoms with Crippen LogP contribution in [0.3, 0.4) is 0 Å². The normalized spacial score (nSPS) is 14.3. The van der Waals surface area contributed by atoms with Gasteiger partial charge in [0.1, 0.15) is 5.58 Å². The van der Waals surface area contributed by atoms with Gasteiger partial charge in [-0.15, -0.1) is 0 Å². The van der Waals surface area contributed by atoms with Crippen molar-refractivity contribution in [2.75, 3.05) is 6.61 Å². The number of hydrogen-bond acceptors (Lipinski definition) is 4. The molecule has 6 heteroatoms. The maximum Gasteiger partial charge on any atom is 0.374 e. The van der Waals surface area contributed by atoms with E-state index in [9.17, 15) is 4.79 Å². The molecule has 2 heterocycles. The zero-order valence-electron chi connectivity index (χ0n) is 12.7. The monoisotopic (exact) mass is 328 g/mol. The van der Waals surface area contributed by atoms with Gasteiger partial charge in [-0.2, -0.15) is 0 Å². The van der Waals surface area contributed by atoms with Crippen LogP contribution in [0.2, 0.25) is 0 Å². The van der Waals surface area contributed by atoms with Crippen molar-refractivity contribution < 1.29 is 13.9 Å². The second kappa shape index (κ2) is 5.38. The van der Waals surface area contributed by atoms with Gasteiger partial charge in [-0.05, 0) is 44.1 Å². The van der Waals surface area contributed by atoms with Crippen LogP contribution in [-0.2, 0) is 4.74 Å². The topological polar surface area (TPSA) is 60.2 Å². The van der Waals surface area contributed by atoms with Gasteiger partial charge in [0.2, 0.25) is 5.76 Å². The molecular formula is C17H16N2O3S. The minimum atomic E-state index is -0.453. The second-order valence-electron chi connectivity index (χ2n) is 5.68. The molecule has 23 heavy (non-hydrogen) atoms. The Morgan fingerprint density at radius 2 is 2.30 bits per heavy atom. The number of carbonyl (C=O) groups is 1. The number of esters is 1. The fourth-order valence-electron chi connectivity index (χ4n) is 2.75. The third-order valence-corrected chi connectivity index (χ3v) is 4.33. The summed E-state index contributed by atoms with van der Waals surface area (Å²) >= 11 is 5.45. The Morgan fingerprint density at radius 1 is 1.48 bits per heavy atom. The first-order valence-corrected chi connectivity index (χ1v) is 8.10. The third kappa shape index (κ3) is 2.49. The van der Waals surface area contributed by atoms with E-state index in [0.29, 0.717) is 22.9 Å². The van der Waals surface area contributed by atoms with Crippen molar-refractivity contribution in [3.63, 3.8) is 0 Å². The molecule has 5 nitrogen and oxygen atoms in total. The molecule has 118 valence electrons. The number of H-pyrrole nitrogens is 1. The predicted molar refractivity (Wildman–Crippen MR) is 88.7 cm³/mol. The molecule has 0 bridgehead atoms. The number of imidazole rings is 1. The molecule has 1 aliphatic rings. The van der Waals surface area contributed by atoms with Crippen molar-refractivity contribution in [1.29, 1.82) is 0 Å². The predicted octanol–water partition coefficient (Wildman–Crippen LogP) is 4.34. The van der Waals surface area contributed by atoms with Crippen molar-refractivity contribution >= 4 is 29.2 Å². The summed E-state index contributed by atoms with van der Waals surface area (Å²) in [5, 5.41) is 0.841. The average molecular weight is 328 g/mol. The van der Waals surface area contributed by atoms with E-state index < -0.39 is 5.97 Å². The van der Waals surface area contributed by atoms with Crippen LogP contribution in [0.1, 0.15) is 41.9 Å². The summed E-state index contributed by atoms with van der Waals surface area (Å²) in [7, 11) is 0. The van der Waals surface area contributed by atoms with Crippen LogP contribution in [0, 0.1) is 4.77 Å². The van der Waals surface area contributed by atoms with E-state index in [4.69, 9.17) is 21.4 Å². The van der Waals surface area contributed by atoms with Crippen LogP contribution in [-0.4, -0.2) is 22.1 Å². The number of rotatable bonds is 4. The van der Waals surface area contributed by atoms with Gasteiger partial charge in [0.05, 0.1) is 12.3 Å². The zero-order valence-corrected chi connectivity index (χ0v) is 13.5. The molecule has 1 aliphatic carbocycles. The highest BCUT2D eigenvalue weighted by Gasteiger charge is 2.26. The summed E-state index contributed by atoms with van der Waals surface area (Å²) in [5.74, 6) is 0.348. The van der Waals surface area contributed by atoms with Crippen LogP contribution in [0.4, 0.5) is 0 Å². The van der Waals surface area contributed by atoms with Gasteiger partial charge < -0.3 is 14.1 Å². The molecule has 1 fully saturated rings. The highest BCUT2D eigenvalue weighted by molar-refractivity contribution is 7.71. The van der Waals surface area contributed by atoms with E-state index in [0.717, 1.165) is 11.1 Å². The second-order valence-corrected chi connectivity index (χ2v) is 6.07. The van der Waals surface area contributed by atoms with Crippen molar-refractivity contribution in [3.8, 4) is 5.69 Å². The Bertz CT molecular complexity index is 946. The largest absolute Gasteiger partial charge is 0.460 e. The van der Waals surface area contributed by atoms with Crippen LogP contribution in [0.15, 0.2) is 34.9 Å². The summed E-state index contributed by atoms with van der Waals surface area (Å²) < 4.78 is 13.2. The molecule has 0 unspecified atom stereocenters. The maximum absolute atomic E-state index is 11.9. The van der Waals surface area contributed by atoms with E-state index in [1.54, 1.807) is 13.0 Å². The number of ether oxygens (including phenoxy) is 1. The van der Waals surface area contributed by atoms with Crippen LogP contribution in [0.5, 0.6) is 0 Å². The zero-order chi connectivity index (χ0) is 16.0. The molecule has 0 atom stereocenters. The molecule has 2 aromatic heterocycles. The molecule has 0 radical (unpaired) electrons. The van der Waals surface area contributed by atoms with Gasteiger partial charge in [0.25, 0.3) is 0 Å². The number of aromatic amines is 1. The summed E-state index contributed by atoms with van der Waals surface area (Å²) in [5.41, 5.74) is 2.71. The first kappa shape index (κ1) is 14.3. The Hall–Kier alpha value is -2.34. The van der Waals surface area contributed by atoms with Gasteiger partial charge in [0.15, 0.2) is 4.77 Å². The third-order valence-electron chi connectivity index (χ3n) is 4.03. The molecule has 0 spiro atoms. The van der Waals surface area contributed by atoms with Gasteiger partial charge >= 0.3 is 5.97 Å². The fraction of sp³-hybridized carbons (Fsp3) is 0.294. The van der Waals surface area contributed by atoms with E-state index >= 15 is 0 Å². The summed E-state index contributed by atoms with van der Waals surface area (Å²) in [4.78, 5) is 15.2. The van der Waals surface area contributed by atoms with E-state index in [-0.39, 0.29) is 5.76 Å². The number of nitrogens with zero attached hydrogens (tertiary/aromatic N) is 1. The molecule has 1 aromatic carbocycles. The Morgan fingerprint density at radius 3 is 3.04 bits per heavy atom. The van der Waals surface area contributed by atoms with Gasteiger partial charge in [-0.25, -0.2) is 4.79 Å². The molecule has 3 aromatic rings. The van der Waals surface area contributed by atoms with Gasteiger partial charge in [-0.3, -0.25) is 4.57 Å². The van der Waals surface area contributed by atoms with E-state index in [2.05, 4.69) is 4.98 Å². The lowest BCUT2D eigenvalue weighted by Gasteiger charge is -2.02. The SMILES string of the molecule is CCOC(=O)c1cc2c(-n3cc(C4CC4)[nH]c3=S)cccc2o1. The highest BCUT2D eigenvalue weighted by atomic mass is 32.1. The first-order chi connectivity index (χ1) is 11.2. The Balaban J connectivity index is 1.83. The lowest BCUT2D eigenvalue weighted by Crippen LogP contribution is -2.02. The first-order valence-electron chi connectivity index (χ1n) is 7.69. The Labute approximate surface area is 137 Å². The quantitative estimate of drug-likeness (QED) is 0.572. The minimum Gasteiger partial charge on any atom is -0.460 e. The number of carbonyl (C=O) groups excluding carboxylic acids is 1. The smallest absolute Gasteiger partial charge is 0.374 e. The van der Waals surface area contributed by atoms with Crippen molar-refractivity contribution in [2.24, 2.45) is 0 Å². The van der Waals surface area contributed by atoms with Gasteiger partial charge in [-0.1, -0.05) is 6.07 Å². The summed E-state index contributed by atoms with van der Waals surface area (Å²) in [6, 6.07) is 7.41. The highest BCUT2D eigenvalue weighted by Crippen LogP contribution is 2.39. The van der Waals surface area contributed by atoms with Crippen molar-refractivity contribution in [2.45, 2.75) is 25.7 Å². The summed E-state index contributed by atoms with van der Waals surface area (Å²) in [6.45, 7) is 2.08. The fourth-order valence-corrected chi connectivity index (χ4v) is 3.02. The average Bonchev–Trinajstić information content (AvgIpc) is 3.17. The van der Waals surface area contributed by atoms with Crippen molar-refractivity contribution in [1.82, 2.24) is 9.55 Å². The molecule has 0 amide bonds. The van der Waals surface area contributed by atoms with E-state index in [1.807, 2.05) is 29.0 Å². The molecular weight excluding hydrogens is 312 g/mol. The van der Waals surface area contributed by atoms with Crippen molar-refractivity contribution in [3.05, 3.63) is 46.7 Å². The molecule has 4 rings (SSSR count). The molecule has 0 aliphatic heterocycles. The molecule has 1 N–H and O–H groups in total. The van der Waals surface area contributed by atoms with Crippen LogP contribution >= 0.6 is 12.2 Å². The lowest BCUT2D eigenvalue weighted by atomic mass is 10.2. The number of nitrogens with one attached hydrogen (secondary N) is 1. The van der Waals surface area contributed by atoms with Crippen LogP contribution < -0.4 is 0 Å². The minimum absolute atomic E-state index is 0.207. The molecule has 0 saturated heterocycles. The van der Waals surface area contributed by atoms with Crippen LogP contribution in [0.25, 0.3) is 16.7 Å². The lowest BCUT2D eigenvalue weighted by molar-refractivity contribution is 0.0492. The number of benzene rings is 1.